The normalized spacial score (nSPS) is 9.87. The molecule has 0 bridgehead atoms. The second-order valence-corrected chi connectivity index (χ2v) is 2.75. The van der Waals surface area contributed by atoms with Gasteiger partial charge in [-0.2, -0.15) is 5.21 Å². The summed E-state index contributed by atoms with van der Waals surface area (Å²) in [5, 5.41) is 15.7. The van der Waals surface area contributed by atoms with Crippen molar-refractivity contribution < 1.29 is 4.79 Å². The molecule has 0 radical (unpaired) electrons. The van der Waals surface area contributed by atoms with Crippen molar-refractivity contribution >= 4 is 5.91 Å². The number of aromatic nitrogens is 5. The lowest BCUT2D eigenvalue weighted by atomic mass is 10.3. The summed E-state index contributed by atoms with van der Waals surface area (Å²) in [5.74, 6) is 0.222. The average molecular weight is 204 g/mol. The molecule has 0 aliphatic heterocycles. The number of carbonyl (C=O) groups excluding carboxylic acids is 1. The molecule has 0 saturated carbocycles. The summed E-state index contributed by atoms with van der Waals surface area (Å²) in [6.45, 7) is 0.240. The number of pyridine rings is 1. The fourth-order valence-corrected chi connectivity index (χ4v) is 1.02. The molecule has 7 nitrogen and oxygen atoms in total. The van der Waals surface area contributed by atoms with Gasteiger partial charge in [-0.1, -0.05) is 5.21 Å². The largest absolute Gasteiger partial charge is 0.345 e. The van der Waals surface area contributed by atoms with Crippen molar-refractivity contribution in [2.24, 2.45) is 0 Å². The molecule has 15 heavy (non-hydrogen) atoms. The molecule has 0 fully saturated rings. The minimum atomic E-state index is -0.215. The lowest BCUT2D eigenvalue weighted by molar-refractivity contribution is 0.0949. The van der Waals surface area contributed by atoms with Crippen LogP contribution in [0.1, 0.15) is 16.2 Å². The minimum Gasteiger partial charge on any atom is -0.345 e. The van der Waals surface area contributed by atoms with Crippen LogP contribution in [-0.2, 0) is 6.54 Å². The van der Waals surface area contributed by atoms with Gasteiger partial charge in [-0.25, -0.2) is 0 Å². The van der Waals surface area contributed by atoms with E-state index in [1.165, 1.54) is 6.20 Å². The Kier molecular flexibility index (Phi) is 2.63. The molecular weight excluding hydrogens is 196 g/mol. The molecule has 0 spiro atoms. The van der Waals surface area contributed by atoms with Crippen LogP contribution in [-0.4, -0.2) is 31.5 Å². The van der Waals surface area contributed by atoms with Crippen LogP contribution >= 0.6 is 0 Å². The van der Waals surface area contributed by atoms with Gasteiger partial charge in [-0.15, -0.1) is 10.2 Å². The summed E-state index contributed by atoms with van der Waals surface area (Å²) < 4.78 is 0. The number of H-pyrrole nitrogens is 1. The summed E-state index contributed by atoms with van der Waals surface area (Å²) in [6.07, 6.45) is 3.10. The maximum absolute atomic E-state index is 11.5. The first kappa shape index (κ1) is 9.25. The zero-order valence-electron chi connectivity index (χ0n) is 7.71. The van der Waals surface area contributed by atoms with Crippen LogP contribution in [0.15, 0.2) is 24.5 Å². The summed E-state index contributed by atoms with van der Waals surface area (Å²) >= 11 is 0. The number of amides is 1. The van der Waals surface area contributed by atoms with E-state index in [1.54, 1.807) is 18.3 Å². The second-order valence-electron chi connectivity index (χ2n) is 2.75. The number of hydrogen-bond acceptors (Lipinski definition) is 5. The molecular formula is C8H8N6O. The van der Waals surface area contributed by atoms with Crippen LogP contribution in [0.25, 0.3) is 0 Å². The van der Waals surface area contributed by atoms with Gasteiger partial charge in [0.1, 0.15) is 0 Å². The van der Waals surface area contributed by atoms with E-state index in [9.17, 15) is 4.79 Å². The van der Waals surface area contributed by atoms with E-state index >= 15 is 0 Å². The maximum atomic E-state index is 11.5. The van der Waals surface area contributed by atoms with Gasteiger partial charge in [-0.3, -0.25) is 9.78 Å². The maximum Gasteiger partial charge on any atom is 0.253 e. The van der Waals surface area contributed by atoms with Crippen molar-refractivity contribution in [1.82, 2.24) is 30.9 Å². The van der Waals surface area contributed by atoms with Crippen LogP contribution in [0.4, 0.5) is 0 Å². The van der Waals surface area contributed by atoms with Crippen molar-refractivity contribution in [2.45, 2.75) is 6.54 Å². The number of rotatable bonds is 3. The quantitative estimate of drug-likeness (QED) is 0.704. The van der Waals surface area contributed by atoms with E-state index in [4.69, 9.17) is 0 Å². The molecule has 0 saturated heterocycles. The van der Waals surface area contributed by atoms with Crippen LogP contribution in [0.2, 0.25) is 0 Å². The Morgan fingerprint density at radius 2 is 2.47 bits per heavy atom. The van der Waals surface area contributed by atoms with E-state index < -0.39 is 0 Å². The Balaban J connectivity index is 1.94. The van der Waals surface area contributed by atoms with E-state index in [1.807, 2.05) is 0 Å². The van der Waals surface area contributed by atoms with Crippen LogP contribution in [0.3, 0.4) is 0 Å². The average Bonchev–Trinajstić information content (AvgIpc) is 2.80. The molecule has 0 aliphatic rings. The third-order valence-corrected chi connectivity index (χ3v) is 1.72. The third kappa shape index (κ3) is 2.33. The predicted octanol–water partition coefficient (Wildman–Crippen LogP) is -0.475. The van der Waals surface area contributed by atoms with Crippen molar-refractivity contribution in [2.75, 3.05) is 0 Å². The Morgan fingerprint density at radius 3 is 3.13 bits per heavy atom. The number of nitrogens with one attached hydrogen (secondary N) is 2. The van der Waals surface area contributed by atoms with Gasteiger partial charge in [-0.05, 0) is 12.1 Å². The first-order valence-electron chi connectivity index (χ1n) is 4.27. The second kappa shape index (κ2) is 4.27. The summed E-state index contributed by atoms with van der Waals surface area (Å²) in [6, 6.07) is 3.38. The number of hydrogen-bond donors (Lipinski definition) is 2. The van der Waals surface area contributed by atoms with Crippen molar-refractivity contribution in [3.63, 3.8) is 0 Å². The highest BCUT2D eigenvalue weighted by Crippen LogP contribution is 1.95. The van der Waals surface area contributed by atoms with Gasteiger partial charge < -0.3 is 5.32 Å². The van der Waals surface area contributed by atoms with Crippen molar-refractivity contribution in [3.05, 3.63) is 35.9 Å². The smallest absolute Gasteiger partial charge is 0.253 e. The molecule has 2 aromatic rings. The minimum absolute atomic E-state index is 0.215. The third-order valence-electron chi connectivity index (χ3n) is 1.72. The SMILES string of the molecule is O=C(NCc1nn[nH]n1)c1cccnc1. The number of nitrogens with zero attached hydrogens (tertiary/aromatic N) is 4. The van der Waals surface area contributed by atoms with Crippen LogP contribution in [0, 0.1) is 0 Å². The van der Waals surface area contributed by atoms with E-state index in [-0.39, 0.29) is 12.5 Å². The first-order valence-corrected chi connectivity index (χ1v) is 4.27. The fraction of sp³-hybridized carbons (Fsp3) is 0.125. The van der Waals surface area contributed by atoms with E-state index in [0.717, 1.165) is 0 Å². The zero-order chi connectivity index (χ0) is 10.5. The topological polar surface area (TPSA) is 96.5 Å². The van der Waals surface area contributed by atoms with Crippen LogP contribution in [0.5, 0.6) is 0 Å². The van der Waals surface area contributed by atoms with E-state index in [2.05, 4.69) is 30.9 Å². The van der Waals surface area contributed by atoms with Gasteiger partial charge >= 0.3 is 0 Å². The van der Waals surface area contributed by atoms with E-state index in [0.29, 0.717) is 11.4 Å². The Hall–Kier alpha value is -2.31. The molecule has 2 aromatic heterocycles. The molecule has 2 rings (SSSR count). The molecule has 0 aromatic carbocycles. The Labute approximate surface area is 84.9 Å². The molecule has 7 heteroatoms. The van der Waals surface area contributed by atoms with Gasteiger partial charge in [0.05, 0.1) is 12.1 Å². The molecule has 2 N–H and O–H groups in total. The number of carbonyl (C=O) groups is 1. The monoisotopic (exact) mass is 204 g/mol. The van der Waals surface area contributed by atoms with Gasteiger partial charge in [0.15, 0.2) is 5.82 Å². The van der Waals surface area contributed by atoms with Crippen molar-refractivity contribution in [1.29, 1.82) is 0 Å². The molecule has 1 amide bonds. The summed E-state index contributed by atoms with van der Waals surface area (Å²) in [7, 11) is 0. The molecule has 0 unspecified atom stereocenters. The van der Waals surface area contributed by atoms with Crippen molar-refractivity contribution in [3.8, 4) is 0 Å². The lowest BCUT2D eigenvalue weighted by Crippen LogP contribution is -2.23. The summed E-state index contributed by atoms with van der Waals surface area (Å²) in [4.78, 5) is 15.3. The first-order chi connectivity index (χ1) is 7.36. The Morgan fingerprint density at radius 1 is 1.53 bits per heavy atom. The van der Waals surface area contributed by atoms with Crippen LogP contribution < -0.4 is 5.32 Å². The zero-order valence-corrected chi connectivity index (χ0v) is 7.71. The fourth-order valence-electron chi connectivity index (χ4n) is 1.02. The highest BCUT2D eigenvalue weighted by molar-refractivity contribution is 5.93. The molecule has 76 valence electrons. The predicted molar refractivity (Wildman–Crippen MR) is 49.6 cm³/mol. The molecule has 2 heterocycles. The number of aromatic amines is 1. The number of tetrazole rings is 1. The van der Waals surface area contributed by atoms with Gasteiger partial charge in [0, 0.05) is 12.4 Å². The van der Waals surface area contributed by atoms with Gasteiger partial charge in [0.25, 0.3) is 5.91 Å². The standard InChI is InChI=1S/C8H8N6O/c15-8(6-2-1-3-9-4-6)10-5-7-11-13-14-12-7/h1-4H,5H2,(H,10,15)(H,11,12,13,14). The molecule has 0 atom stereocenters. The Bertz CT molecular complexity index is 426. The highest BCUT2D eigenvalue weighted by atomic mass is 16.1. The highest BCUT2D eigenvalue weighted by Gasteiger charge is 2.05. The lowest BCUT2D eigenvalue weighted by Gasteiger charge is -2.00. The molecule has 0 aliphatic carbocycles. The van der Waals surface area contributed by atoms with Gasteiger partial charge in [0.2, 0.25) is 0 Å². The summed E-state index contributed by atoms with van der Waals surface area (Å²) in [5.41, 5.74) is 0.501.